The molecule has 0 heterocycles. The summed E-state index contributed by atoms with van der Waals surface area (Å²) in [5.41, 5.74) is 1.26. The first-order chi connectivity index (χ1) is 14.8. The second kappa shape index (κ2) is 11.0. The molecule has 1 aliphatic carbocycles. The van der Waals surface area contributed by atoms with E-state index in [9.17, 15) is 14.0 Å². The molecule has 0 unspecified atom stereocenters. The van der Waals surface area contributed by atoms with Gasteiger partial charge in [-0.25, -0.2) is 4.39 Å². The van der Waals surface area contributed by atoms with Crippen LogP contribution >= 0.6 is 23.2 Å². The molecule has 1 aliphatic rings. The highest BCUT2D eigenvalue weighted by molar-refractivity contribution is 6.36. The lowest BCUT2D eigenvalue weighted by Crippen LogP contribution is -2.50. The van der Waals surface area contributed by atoms with Gasteiger partial charge in [0.15, 0.2) is 0 Å². The number of nitrogens with zero attached hydrogens (tertiary/aromatic N) is 1. The zero-order valence-corrected chi connectivity index (χ0v) is 19.1. The molecule has 166 valence electrons. The molecular weight excluding hydrogens is 438 g/mol. The minimum absolute atomic E-state index is 0.0270. The van der Waals surface area contributed by atoms with E-state index in [0.29, 0.717) is 15.6 Å². The maximum Gasteiger partial charge on any atom is 0.242 e. The van der Waals surface area contributed by atoms with Crippen molar-refractivity contribution in [3.63, 3.8) is 0 Å². The van der Waals surface area contributed by atoms with Crippen LogP contribution in [0.3, 0.4) is 0 Å². The molecule has 1 N–H and O–H groups in total. The van der Waals surface area contributed by atoms with E-state index in [2.05, 4.69) is 5.32 Å². The Bertz CT molecular complexity index is 894. The number of hydrogen-bond acceptors (Lipinski definition) is 2. The minimum atomic E-state index is -0.694. The SMILES string of the molecule is C[C@@H](C(=O)NC1CCCCC1)N(Cc1ccc(F)cc1)C(=O)Cc1c(Cl)cccc1Cl. The van der Waals surface area contributed by atoms with Gasteiger partial charge in [-0.1, -0.05) is 60.7 Å². The summed E-state index contributed by atoms with van der Waals surface area (Å²) in [7, 11) is 0. The van der Waals surface area contributed by atoms with E-state index in [4.69, 9.17) is 23.2 Å². The molecule has 1 fully saturated rings. The number of carbonyl (C=O) groups is 2. The van der Waals surface area contributed by atoms with Crippen molar-refractivity contribution >= 4 is 35.0 Å². The summed E-state index contributed by atoms with van der Waals surface area (Å²) in [4.78, 5) is 27.8. The summed E-state index contributed by atoms with van der Waals surface area (Å²) in [6.45, 7) is 1.90. The second-order valence-corrected chi connectivity index (χ2v) is 8.86. The van der Waals surface area contributed by atoms with Crippen LogP contribution in [0.15, 0.2) is 42.5 Å². The predicted molar refractivity (Wildman–Crippen MR) is 122 cm³/mol. The molecular formula is C24H27Cl2FN2O2. The highest BCUT2D eigenvalue weighted by atomic mass is 35.5. The van der Waals surface area contributed by atoms with Crippen molar-refractivity contribution in [2.24, 2.45) is 0 Å². The smallest absolute Gasteiger partial charge is 0.242 e. The minimum Gasteiger partial charge on any atom is -0.352 e. The van der Waals surface area contributed by atoms with Gasteiger partial charge in [0.2, 0.25) is 11.8 Å². The molecule has 2 aromatic carbocycles. The van der Waals surface area contributed by atoms with Crippen LogP contribution < -0.4 is 5.32 Å². The van der Waals surface area contributed by atoms with Gasteiger partial charge in [-0.3, -0.25) is 9.59 Å². The third-order valence-corrected chi connectivity index (χ3v) is 6.48. The maximum atomic E-state index is 13.3. The van der Waals surface area contributed by atoms with Crippen molar-refractivity contribution in [1.82, 2.24) is 10.2 Å². The molecule has 0 spiro atoms. The normalized spacial score (nSPS) is 15.4. The van der Waals surface area contributed by atoms with Crippen LogP contribution in [-0.2, 0) is 22.6 Å². The lowest BCUT2D eigenvalue weighted by atomic mass is 9.95. The molecule has 1 atom stereocenters. The van der Waals surface area contributed by atoms with Crippen LogP contribution in [0.25, 0.3) is 0 Å². The van der Waals surface area contributed by atoms with E-state index in [1.165, 1.54) is 23.5 Å². The molecule has 1 saturated carbocycles. The van der Waals surface area contributed by atoms with Crippen molar-refractivity contribution in [1.29, 1.82) is 0 Å². The first-order valence-electron chi connectivity index (χ1n) is 10.6. The van der Waals surface area contributed by atoms with Gasteiger partial charge in [0.1, 0.15) is 11.9 Å². The van der Waals surface area contributed by atoms with E-state index >= 15 is 0 Å². The van der Waals surface area contributed by atoms with Crippen LogP contribution in [0.1, 0.15) is 50.2 Å². The van der Waals surface area contributed by atoms with Gasteiger partial charge in [-0.05, 0) is 55.2 Å². The Labute approximate surface area is 192 Å². The Balaban J connectivity index is 1.79. The summed E-state index contributed by atoms with van der Waals surface area (Å²) in [5.74, 6) is -0.814. The topological polar surface area (TPSA) is 49.4 Å². The van der Waals surface area contributed by atoms with E-state index in [-0.39, 0.29) is 36.6 Å². The number of amides is 2. The third-order valence-electron chi connectivity index (χ3n) is 5.77. The Morgan fingerprint density at radius 1 is 1.06 bits per heavy atom. The number of hydrogen-bond donors (Lipinski definition) is 1. The highest BCUT2D eigenvalue weighted by Crippen LogP contribution is 2.26. The van der Waals surface area contributed by atoms with Gasteiger partial charge in [0, 0.05) is 22.6 Å². The number of rotatable bonds is 7. The fourth-order valence-electron chi connectivity index (χ4n) is 3.89. The van der Waals surface area contributed by atoms with Crippen LogP contribution in [0.5, 0.6) is 0 Å². The molecule has 3 rings (SSSR count). The van der Waals surface area contributed by atoms with Gasteiger partial charge in [0.05, 0.1) is 6.42 Å². The Morgan fingerprint density at radius 3 is 2.29 bits per heavy atom. The van der Waals surface area contributed by atoms with Gasteiger partial charge in [-0.15, -0.1) is 0 Å². The largest absolute Gasteiger partial charge is 0.352 e. The number of carbonyl (C=O) groups excluding carboxylic acids is 2. The van der Waals surface area contributed by atoms with Gasteiger partial charge >= 0.3 is 0 Å². The monoisotopic (exact) mass is 464 g/mol. The zero-order chi connectivity index (χ0) is 22.4. The fraction of sp³-hybridized carbons (Fsp3) is 0.417. The van der Waals surface area contributed by atoms with Gasteiger partial charge in [0.25, 0.3) is 0 Å². The van der Waals surface area contributed by atoms with Gasteiger partial charge < -0.3 is 10.2 Å². The molecule has 0 aromatic heterocycles. The first kappa shape index (κ1) is 23.6. The van der Waals surface area contributed by atoms with E-state index in [1.54, 1.807) is 37.3 Å². The second-order valence-electron chi connectivity index (χ2n) is 8.04. The molecule has 0 saturated heterocycles. The molecule has 7 heteroatoms. The first-order valence-corrected chi connectivity index (χ1v) is 11.4. The highest BCUT2D eigenvalue weighted by Gasteiger charge is 2.29. The Morgan fingerprint density at radius 2 is 1.68 bits per heavy atom. The molecule has 0 aliphatic heterocycles. The predicted octanol–water partition coefficient (Wildman–Crippen LogP) is 5.54. The molecule has 0 bridgehead atoms. The summed E-state index contributed by atoms with van der Waals surface area (Å²) in [5, 5.41) is 3.90. The van der Waals surface area contributed by atoms with Crippen LogP contribution in [0.2, 0.25) is 10.0 Å². The van der Waals surface area contributed by atoms with E-state index in [0.717, 1.165) is 31.2 Å². The van der Waals surface area contributed by atoms with E-state index in [1.807, 2.05) is 0 Å². The summed E-state index contributed by atoms with van der Waals surface area (Å²) in [6.07, 6.45) is 5.28. The zero-order valence-electron chi connectivity index (χ0n) is 17.5. The lowest BCUT2D eigenvalue weighted by Gasteiger charge is -2.31. The van der Waals surface area contributed by atoms with Crippen molar-refractivity contribution < 1.29 is 14.0 Å². The van der Waals surface area contributed by atoms with Crippen LogP contribution in [0, 0.1) is 5.82 Å². The van der Waals surface area contributed by atoms with Crippen molar-refractivity contribution in [3.8, 4) is 0 Å². The average molecular weight is 465 g/mol. The van der Waals surface area contributed by atoms with E-state index < -0.39 is 6.04 Å². The molecule has 4 nitrogen and oxygen atoms in total. The van der Waals surface area contributed by atoms with Gasteiger partial charge in [-0.2, -0.15) is 0 Å². The van der Waals surface area contributed by atoms with Crippen LogP contribution in [0.4, 0.5) is 4.39 Å². The van der Waals surface area contributed by atoms with Crippen molar-refractivity contribution in [2.45, 2.75) is 64.1 Å². The molecule has 2 amide bonds. The lowest BCUT2D eigenvalue weighted by molar-refractivity contribution is -0.140. The quantitative estimate of drug-likeness (QED) is 0.584. The summed E-state index contributed by atoms with van der Waals surface area (Å²) >= 11 is 12.5. The summed E-state index contributed by atoms with van der Waals surface area (Å²) in [6, 6.07) is 10.4. The molecule has 31 heavy (non-hydrogen) atoms. The Hall–Kier alpha value is -2.11. The average Bonchev–Trinajstić information content (AvgIpc) is 2.76. The van der Waals surface area contributed by atoms with Crippen molar-refractivity contribution in [3.05, 3.63) is 69.5 Å². The standard InChI is InChI=1S/C24H27Cl2FN2O2/c1-16(24(31)28-19-6-3-2-4-7-19)29(15-17-10-12-18(27)13-11-17)23(30)14-20-21(25)8-5-9-22(20)26/h5,8-13,16,19H,2-4,6-7,14-15H2,1H3,(H,28,31)/t16-/m0/s1. The fourth-order valence-corrected chi connectivity index (χ4v) is 4.42. The summed E-state index contributed by atoms with van der Waals surface area (Å²) < 4.78 is 13.3. The van der Waals surface area contributed by atoms with Crippen molar-refractivity contribution in [2.75, 3.05) is 0 Å². The molecule has 2 aromatic rings. The number of halogens is 3. The number of benzene rings is 2. The maximum absolute atomic E-state index is 13.3. The van der Waals surface area contributed by atoms with Crippen LogP contribution in [-0.4, -0.2) is 28.8 Å². The third kappa shape index (κ3) is 6.44. The Kier molecular flexibility index (Phi) is 8.33. The molecule has 0 radical (unpaired) electrons. The number of nitrogens with one attached hydrogen (secondary N) is 1.